The molecule has 3 heteroatoms. The van der Waals surface area contributed by atoms with Crippen molar-refractivity contribution < 1.29 is 9.53 Å². The maximum Gasteiger partial charge on any atom is 0.231 e. The van der Waals surface area contributed by atoms with Crippen molar-refractivity contribution in [1.29, 1.82) is 0 Å². The highest BCUT2D eigenvalue weighted by molar-refractivity contribution is 5.96. The molecule has 0 fully saturated rings. The maximum atomic E-state index is 12.6. The van der Waals surface area contributed by atoms with Gasteiger partial charge in [-0.25, -0.2) is 0 Å². The van der Waals surface area contributed by atoms with E-state index in [-0.39, 0.29) is 12.0 Å². The molecule has 0 radical (unpaired) electrons. The molecule has 0 saturated carbocycles. The molecule has 3 rings (SSSR count). The molecule has 0 bridgehead atoms. The van der Waals surface area contributed by atoms with Crippen LogP contribution < -0.4 is 9.64 Å². The number of benzene rings is 2. The van der Waals surface area contributed by atoms with Crippen LogP contribution in [-0.2, 0) is 17.6 Å². The summed E-state index contributed by atoms with van der Waals surface area (Å²) in [4.78, 5) is 14.5. The van der Waals surface area contributed by atoms with E-state index in [2.05, 4.69) is 25.1 Å². The summed E-state index contributed by atoms with van der Waals surface area (Å²) in [5, 5.41) is 0. The molecule has 2 aromatic rings. The van der Waals surface area contributed by atoms with Crippen LogP contribution in [0, 0.1) is 6.92 Å². The fraction of sp³-hybridized carbons (Fsp3) is 0.350. The largest absolute Gasteiger partial charge is 0.491 e. The Hall–Kier alpha value is -2.29. The van der Waals surface area contributed by atoms with E-state index in [1.807, 2.05) is 43.0 Å². The Bertz CT molecular complexity index is 704. The third-order valence-electron chi connectivity index (χ3n) is 4.10. The number of rotatable bonds is 4. The van der Waals surface area contributed by atoms with Crippen molar-refractivity contribution >= 4 is 11.6 Å². The van der Waals surface area contributed by atoms with Crippen LogP contribution in [0.1, 0.15) is 30.5 Å². The monoisotopic (exact) mass is 309 g/mol. The van der Waals surface area contributed by atoms with Crippen molar-refractivity contribution in [3.05, 3.63) is 59.2 Å². The third kappa shape index (κ3) is 3.55. The molecule has 2 aromatic carbocycles. The van der Waals surface area contributed by atoms with Crippen molar-refractivity contribution in [3.63, 3.8) is 0 Å². The van der Waals surface area contributed by atoms with Gasteiger partial charge in [-0.1, -0.05) is 29.8 Å². The molecule has 0 unspecified atom stereocenters. The molecule has 0 atom stereocenters. The Labute approximate surface area is 137 Å². The Balaban J connectivity index is 1.74. The average molecular weight is 309 g/mol. The Morgan fingerprint density at radius 3 is 2.61 bits per heavy atom. The number of carbonyl (C=O) groups excluding carboxylic acids is 1. The predicted octanol–water partition coefficient (Wildman–Crippen LogP) is 3.91. The number of amides is 1. The second-order valence-corrected chi connectivity index (χ2v) is 6.41. The summed E-state index contributed by atoms with van der Waals surface area (Å²) < 4.78 is 5.74. The first-order valence-electron chi connectivity index (χ1n) is 8.18. The fourth-order valence-corrected chi connectivity index (χ4v) is 2.96. The van der Waals surface area contributed by atoms with Crippen LogP contribution in [0.2, 0.25) is 0 Å². The molecular formula is C20H23NO2. The number of aryl methyl sites for hydroxylation is 1. The van der Waals surface area contributed by atoms with Gasteiger partial charge in [0.2, 0.25) is 5.91 Å². The fourth-order valence-electron chi connectivity index (χ4n) is 2.96. The van der Waals surface area contributed by atoms with Gasteiger partial charge >= 0.3 is 0 Å². The highest BCUT2D eigenvalue weighted by atomic mass is 16.5. The molecular weight excluding hydrogens is 286 g/mol. The minimum atomic E-state index is 0.158. The Morgan fingerprint density at radius 2 is 1.91 bits per heavy atom. The average Bonchev–Trinajstić information content (AvgIpc) is 2.92. The number of anilines is 1. The molecule has 0 saturated heterocycles. The normalized spacial score (nSPS) is 13.3. The lowest BCUT2D eigenvalue weighted by Crippen LogP contribution is -2.30. The van der Waals surface area contributed by atoms with Crippen LogP contribution in [-0.4, -0.2) is 18.6 Å². The minimum Gasteiger partial charge on any atom is -0.491 e. The standard InChI is InChI=1S/C20H23NO2/c1-14(2)23-18-8-9-19-17(13-18)10-11-21(19)20(22)12-16-6-4-15(3)5-7-16/h4-9,13-14H,10-12H2,1-3H3. The molecule has 1 aliphatic heterocycles. The summed E-state index contributed by atoms with van der Waals surface area (Å²) in [5.74, 6) is 1.04. The van der Waals surface area contributed by atoms with Gasteiger partial charge in [-0.15, -0.1) is 0 Å². The third-order valence-corrected chi connectivity index (χ3v) is 4.10. The zero-order valence-electron chi connectivity index (χ0n) is 14.0. The van der Waals surface area contributed by atoms with Gasteiger partial charge in [0, 0.05) is 12.2 Å². The van der Waals surface area contributed by atoms with Crippen molar-refractivity contribution in [2.75, 3.05) is 11.4 Å². The summed E-state index contributed by atoms with van der Waals surface area (Å²) >= 11 is 0. The first kappa shape index (κ1) is 15.6. The van der Waals surface area contributed by atoms with Gasteiger partial charge in [0.1, 0.15) is 5.75 Å². The van der Waals surface area contributed by atoms with Crippen LogP contribution in [0.5, 0.6) is 5.75 Å². The molecule has 120 valence electrons. The summed E-state index contributed by atoms with van der Waals surface area (Å²) in [5.41, 5.74) is 4.50. The lowest BCUT2D eigenvalue weighted by molar-refractivity contribution is -0.117. The number of nitrogens with zero attached hydrogens (tertiary/aromatic N) is 1. The number of ether oxygens (including phenoxy) is 1. The van der Waals surface area contributed by atoms with Crippen LogP contribution >= 0.6 is 0 Å². The highest BCUT2D eigenvalue weighted by Crippen LogP contribution is 2.32. The van der Waals surface area contributed by atoms with Gasteiger partial charge in [0.15, 0.2) is 0 Å². The van der Waals surface area contributed by atoms with Crippen molar-refractivity contribution in [2.24, 2.45) is 0 Å². The zero-order valence-corrected chi connectivity index (χ0v) is 14.0. The van der Waals surface area contributed by atoms with Crippen molar-refractivity contribution in [1.82, 2.24) is 0 Å². The van der Waals surface area contributed by atoms with Crippen LogP contribution in [0.25, 0.3) is 0 Å². The molecule has 3 nitrogen and oxygen atoms in total. The van der Waals surface area contributed by atoms with Gasteiger partial charge in [-0.05, 0) is 56.5 Å². The van der Waals surface area contributed by atoms with E-state index in [4.69, 9.17) is 4.74 Å². The van der Waals surface area contributed by atoms with E-state index >= 15 is 0 Å². The highest BCUT2D eigenvalue weighted by Gasteiger charge is 2.25. The van der Waals surface area contributed by atoms with Crippen LogP contribution in [0.4, 0.5) is 5.69 Å². The predicted molar refractivity (Wildman–Crippen MR) is 93.1 cm³/mol. The van der Waals surface area contributed by atoms with Gasteiger partial charge in [0.25, 0.3) is 0 Å². The molecule has 1 heterocycles. The molecule has 1 aliphatic rings. The minimum absolute atomic E-state index is 0.158. The van der Waals surface area contributed by atoms with E-state index in [1.54, 1.807) is 0 Å². The van der Waals surface area contributed by atoms with Gasteiger partial charge in [-0.2, -0.15) is 0 Å². The SMILES string of the molecule is Cc1ccc(CC(=O)N2CCc3cc(OC(C)C)ccc32)cc1. The Morgan fingerprint density at radius 1 is 1.17 bits per heavy atom. The van der Waals surface area contributed by atoms with E-state index in [9.17, 15) is 4.79 Å². The van der Waals surface area contributed by atoms with E-state index in [1.165, 1.54) is 11.1 Å². The lowest BCUT2D eigenvalue weighted by Gasteiger charge is -2.18. The van der Waals surface area contributed by atoms with Crippen LogP contribution in [0.15, 0.2) is 42.5 Å². The molecule has 1 amide bonds. The molecule has 0 N–H and O–H groups in total. The summed E-state index contributed by atoms with van der Waals surface area (Å²) in [6.45, 7) is 6.85. The first-order chi connectivity index (χ1) is 11.0. The van der Waals surface area contributed by atoms with Crippen molar-refractivity contribution in [3.8, 4) is 5.75 Å². The molecule has 0 spiro atoms. The van der Waals surface area contributed by atoms with E-state index in [0.29, 0.717) is 6.42 Å². The van der Waals surface area contributed by atoms with E-state index in [0.717, 1.165) is 30.0 Å². The Kier molecular flexibility index (Phi) is 4.37. The van der Waals surface area contributed by atoms with Gasteiger partial charge in [-0.3, -0.25) is 4.79 Å². The number of fused-ring (bicyclic) bond motifs is 1. The number of carbonyl (C=O) groups is 1. The molecule has 23 heavy (non-hydrogen) atoms. The number of hydrogen-bond acceptors (Lipinski definition) is 2. The van der Waals surface area contributed by atoms with E-state index < -0.39 is 0 Å². The summed E-state index contributed by atoms with van der Waals surface area (Å²) in [6, 6.07) is 14.2. The summed E-state index contributed by atoms with van der Waals surface area (Å²) in [7, 11) is 0. The second kappa shape index (κ2) is 6.45. The summed E-state index contributed by atoms with van der Waals surface area (Å²) in [6.07, 6.45) is 1.50. The molecule has 0 aliphatic carbocycles. The van der Waals surface area contributed by atoms with Gasteiger partial charge < -0.3 is 9.64 Å². The topological polar surface area (TPSA) is 29.5 Å². The quantitative estimate of drug-likeness (QED) is 0.857. The number of hydrogen-bond donors (Lipinski definition) is 0. The van der Waals surface area contributed by atoms with Crippen molar-refractivity contribution in [2.45, 2.75) is 39.7 Å². The lowest BCUT2D eigenvalue weighted by atomic mass is 10.1. The first-order valence-corrected chi connectivity index (χ1v) is 8.18. The zero-order chi connectivity index (χ0) is 16.4. The molecule has 0 aromatic heterocycles. The smallest absolute Gasteiger partial charge is 0.231 e. The second-order valence-electron chi connectivity index (χ2n) is 6.41. The van der Waals surface area contributed by atoms with Crippen LogP contribution in [0.3, 0.4) is 0 Å². The maximum absolute atomic E-state index is 12.6. The van der Waals surface area contributed by atoms with Gasteiger partial charge in [0.05, 0.1) is 12.5 Å².